The Labute approximate surface area is 97.4 Å². The summed E-state index contributed by atoms with van der Waals surface area (Å²) in [7, 11) is 0. The maximum absolute atomic E-state index is 11.2. The number of rotatable bonds is 6. The third-order valence-corrected chi connectivity index (χ3v) is 3.03. The molecule has 0 unspecified atom stereocenters. The number of carbonyl (C=O) groups is 1. The highest BCUT2D eigenvalue weighted by atomic mass is 16.5. The molecular weight excluding hydrogens is 204 g/mol. The minimum atomic E-state index is -0.133. The van der Waals surface area contributed by atoms with E-state index in [1.54, 1.807) is 0 Å². The van der Waals surface area contributed by atoms with E-state index in [0.29, 0.717) is 19.3 Å². The second-order valence-electron chi connectivity index (χ2n) is 4.14. The Bertz CT molecular complexity index is 239. The fourth-order valence-electron chi connectivity index (χ4n) is 1.93. The zero-order valence-corrected chi connectivity index (χ0v) is 10.2. The number of hydrogen-bond donors (Lipinski definition) is 2. The molecule has 0 saturated carbocycles. The molecule has 0 spiro atoms. The Morgan fingerprint density at radius 2 is 2.06 bits per heavy atom. The van der Waals surface area contributed by atoms with E-state index in [9.17, 15) is 4.79 Å². The smallest absolute Gasteiger partial charge is 0.243 e. The molecule has 0 aromatic rings. The van der Waals surface area contributed by atoms with Gasteiger partial charge in [-0.05, 0) is 18.9 Å². The Balaban J connectivity index is 2.45. The highest BCUT2D eigenvalue weighted by Crippen LogP contribution is 2.09. The lowest BCUT2D eigenvalue weighted by Gasteiger charge is -2.24. The summed E-state index contributed by atoms with van der Waals surface area (Å²) in [6, 6.07) is 0.773. The molecule has 4 nitrogen and oxygen atoms in total. The summed E-state index contributed by atoms with van der Waals surface area (Å²) in [4.78, 5) is 11.2. The second-order valence-corrected chi connectivity index (χ2v) is 4.14. The SMILES string of the molecule is C=CC(=O)N[C@H]1COC[C@H]1NC(CC)CC. The molecule has 1 amide bonds. The van der Waals surface area contributed by atoms with Gasteiger partial charge in [0, 0.05) is 6.04 Å². The van der Waals surface area contributed by atoms with Gasteiger partial charge in [-0.3, -0.25) is 4.79 Å². The lowest BCUT2D eigenvalue weighted by Crippen LogP contribution is -2.51. The number of nitrogens with one attached hydrogen (secondary N) is 2. The maximum atomic E-state index is 11.2. The summed E-state index contributed by atoms with van der Waals surface area (Å²) in [6.45, 7) is 9.02. The van der Waals surface area contributed by atoms with Crippen molar-refractivity contribution in [1.29, 1.82) is 0 Å². The first-order chi connectivity index (χ1) is 7.71. The fourth-order valence-corrected chi connectivity index (χ4v) is 1.93. The molecule has 0 aromatic carbocycles. The van der Waals surface area contributed by atoms with Crippen molar-refractivity contribution in [1.82, 2.24) is 10.6 Å². The zero-order chi connectivity index (χ0) is 12.0. The van der Waals surface area contributed by atoms with Crippen LogP contribution in [0.1, 0.15) is 26.7 Å². The quantitative estimate of drug-likeness (QED) is 0.660. The lowest BCUT2D eigenvalue weighted by atomic mass is 10.1. The van der Waals surface area contributed by atoms with Gasteiger partial charge >= 0.3 is 0 Å². The average Bonchev–Trinajstić information content (AvgIpc) is 2.73. The van der Waals surface area contributed by atoms with Crippen molar-refractivity contribution in [3.63, 3.8) is 0 Å². The molecule has 92 valence electrons. The summed E-state index contributed by atoms with van der Waals surface area (Å²) in [5.74, 6) is -0.133. The van der Waals surface area contributed by atoms with Crippen molar-refractivity contribution < 1.29 is 9.53 Å². The minimum absolute atomic E-state index is 0.0612. The van der Waals surface area contributed by atoms with E-state index in [1.807, 2.05) is 0 Å². The maximum Gasteiger partial charge on any atom is 0.243 e. The number of amides is 1. The first-order valence-corrected chi connectivity index (χ1v) is 5.97. The summed E-state index contributed by atoms with van der Waals surface area (Å²) in [6.07, 6.45) is 3.48. The van der Waals surface area contributed by atoms with E-state index in [4.69, 9.17) is 4.74 Å². The van der Waals surface area contributed by atoms with Crippen molar-refractivity contribution in [3.8, 4) is 0 Å². The highest BCUT2D eigenvalue weighted by Gasteiger charge is 2.29. The monoisotopic (exact) mass is 226 g/mol. The van der Waals surface area contributed by atoms with Crippen molar-refractivity contribution in [2.75, 3.05) is 13.2 Å². The molecule has 1 saturated heterocycles. The van der Waals surface area contributed by atoms with Gasteiger partial charge in [-0.2, -0.15) is 0 Å². The van der Waals surface area contributed by atoms with Crippen LogP contribution in [-0.2, 0) is 9.53 Å². The third kappa shape index (κ3) is 3.61. The van der Waals surface area contributed by atoms with Gasteiger partial charge in [-0.15, -0.1) is 0 Å². The van der Waals surface area contributed by atoms with Crippen molar-refractivity contribution in [2.24, 2.45) is 0 Å². The summed E-state index contributed by atoms with van der Waals surface area (Å²) in [5.41, 5.74) is 0. The van der Waals surface area contributed by atoms with Gasteiger partial charge in [0.15, 0.2) is 0 Å². The van der Waals surface area contributed by atoms with Gasteiger partial charge in [0.1, 0.15) is 0 Å². The van der Waals surface area contributed by atoms with Crippen LogP contribution in [0.2, 0.25) is 0 Å². The van der Waals surface area contributed by atoms with E-state index < -0.39 is 0 Å². The lowest BCUT2D eigenvalue weighted by molar-refractivity contribution is -0.117. The summed E-state index contributed by atoms with van der Waals surface area (Å²) < 4.78 is 5.39. The molecule has 1 heterocycles. The molecule has 1 aliphatic rings. The van der Waals surface area contributed by atoms with Crippen LogP contribution in [0.3, 0.4) is 0 Å². The van der Waals surface area contributed by atoms with Crippen molar-refractivity contribution >= 4 is 5.91 Å². The van der Waals surface area contributed by atoms with E-state index in [1.165, 1.54) is 6.08 Å². The predicted molar refractivity (Wildman–Crippen MR) is 64.2 cm³/mol. The van der Waals surface area contributed by atoms with Crippen LogP contribution in [0.15, 0.2) is 12.7 Å². The first-order valence-electron chi connectivity index (χ1n) is 5.97. The second kappa shape index (κ2) is 6.66. The normalized spacial score (nSPS) is 24.7. The topological polar surface area (TPSA) is 50.4 Å². The molecule has 1 fully saturated rings. The zero-order valence-electron chi connectivity index (χ0n) is 10.2. The van der Waals surface area contributed by atoms with Gasteiger partial charge in [0.2, 0.25) is 5.91 Å². The van der Waals surface area contributed by atoms with Gasteiger partial charge < -0.3 is 15.4 Å². The molecule has 2 atom stereocenters. The van der Waals surface area contributed by atoms with E-state index in [0.717, 1.165) is 12.8 Å². The van der Waals surface area contributed by atoms with Crippen LogP contribution >= 0.6 is 0 Å². The fraction of sp³-hybridized carbons (Fsp3) is 0.750. The minimum Gasteiger partial charge on any atom is -0.378 e. The third-order valence-electron chi connectivity index (χ3n) is 3.03. The van der Waals surface area contributed by atoms with E-state index in [2.05, 4.69) is 31.1 Å². The van der Waals surface area contributed by atoms with Crippen LogP contribution in [0.25, 0.3) is 0 Å². The van der Waals surface area contributed by atoms with Crippen LogP contribution in [0.4, 0.5) is 0 Å². The highest BCUT2D eigenvalue weighted by molar-refractivity contribution is 5.87. The van der Waals surface area contributed by atoms with E-state index >= 15 is 0 Å². The number of carbonyl (C=O) groups excluding carboxylic acids is 1. The molecule has 4 heteroatoms. The Morgan fingerprint density at radius 1 is 1.44 bits per heavy atom. The first kappa shape index (κ1) is 13.2. The number of hydrogen-bond acceptors (Lipinski definition) is 3. The van der Waals surface area contributed by atoms with Gasteiger partial charge in [0.05, 0.1) is 25.3 Å². The predicted octanol–water partition coefficient (Wildman–Crippen LogP) is 0.834. The Morgan fingerprint density at radius 3 is 2.62 bits per heavy atom. The van der Waals surface area contributed by atoms with Crippen LogP contribution in [-0.4, -0.2) is 37.2 Å². The Hall–Kier alpha value is -0.870. The molecule has 0 aliphatic carbocycles. The molecule has 16 heavy (non-hydrogen) atoms. The van der Waals surface area contributed by atoms with Gasteiger partial charge in [0.25, 0.3) is 0 Å². The van der Waals surface area contributed by atoms with Crippen LogP contribution in [0, 0.1) is 0 Å². The molecular formula is C12H22N2O2. The molecule has 0 bridgehead atoms. The molecule has 0 aromatic heterocycles. The standard InChI is InChI=1S/C12H22N2O2/c1-4-9(5-2)13-10-7-16-8-11(10)14-12(15)6-3/h6,9-11,13H,3-5,7-8H2,1-2H3,(H,14,15)/t10-,11+/m1/s1. The molecule has 2 N–H and O–H groups in total. The molecule has 1 rings (SSSR count). The molecule has 1 aliphatic heterocycles. The summed E-state index contributed by atoms with van der Waals surface area (Å²) in [5, 5.41) is 6.41. The average molecular weight is 226 g/mol. The van der Waals surface area contributed by atoms with E-state index in [-0.39, 0.29) is 18.0 Å². The Kier molecular flexibility index (Phi) is 5.49. The molecule has 0 radical (unpaired) electrons. The van der Waals surface area contributed by atoms with Crippen molar-refractivity contribution in [2.45, 2.75) is 44.8 Å². The van der Waals surface area contributed by atoms with Crippen molar-refractivity contribution in [3.05, 3.63) is 12.7 Å². The van der Waals surface area contributed by atoms with Crippen LogP contribution < -0.4 is 10.6 Å². The number of ether oxygens (including phenoxy) is 1. The summed E-state index contributed by atoms with van der Waals surface area (Å²) >= 11 is 0. The largest absolute Gasteiger partial charge is 0.378 e. The van der Waals surface area contributed by atoms with Crippen LogP contribution in [0.5, 0.6) is 0 Å². The van der Waals surface area contributed by atoms with Gasteiger partial charge in [-0.25, -0.2) is 0 Å². The van der Waals surface area contributed by atoms with Gasteiger partial charge in [-0.1, -0.05) is 20.4 Å².